The van der Waals surface area contributed by atoms with Crippen LogP contribution >= 0.6 is 11.3 Å². The molecule has 0 fully saturated rings. The molecule has 0 radical (unpaired) electrons. The van der Waals surface area contributed by atoms with Gasteiger partial charge in [0.25, 0.3) is 0 Å². The number of hydrogen-bond donors (Lipinski definition) is 1. The molecule has 0 saturated carbocycles. The number of thiophene rings is 1. The number of anilines is 1. The van der Waals surface area contributed by atoms with E-state index in [-0.39, 0.29) is 11.9 Å². The van der Waals surface area contributed by atoms with Gasteiger partial charge in [0, 0.05) is 25.2 Å². The Morgan fingerprint density at radius 1 is 1.35 bits per heavy atom. The molecule has 0 saturated heterocycles. The fourth-order valence-electron chi connectivity index (χ4n) is 2.65. The Kier molecular flexibility index (Phi) is 3.85. The number of amides is 1. The van der Waals surface area contributed by atoms with Gasteiger partial charge in [0.15, 0.2) is 0 Å². The third kappa shape index (κ3) is 2.62. The highest BCUT2D eigenvalue weighted by Gasteiger charge is 2.28. The second kappa shape index (κ2) is 5.77. The minimum absolute atomic E-state index is 0.133. The average molecular weight is 286 g/mol. The summed E-state index contributed by atoms with van der Waals surface area (Å²) in [6, 6.07) is 10.4. The highest BCUT2D eigenvalue weighted by Crippen LogP contribution is 2.33. The predicted octanol–water partition coefficient (Wildman–Crippen LogP) is 2.99. The predicted molar refractivity (Wildman–Crippen MR) is 83.2 cm³/mol. The normalized spacial score (nSPS) is 18.1. The number of benzene rings is 1. The molecule has 0 bridgehead atoms. The van der Waals surface area contributed by atoms with Crippen LogP contribution in [0.25, 0.3) is 0 Å². The maximum Gasteiger partial charge on any atom is 0.228 e. The monoisotopic (exact) mass is 286 g/mol. The summed E-state index contributed by atoms with van der Waals surface area (Å²) < 4.78 is 0. The van der Waals surface area contributed by atoms with E-state index >= 15 is 0 Å². The summed E-state index contributed by atoms with van der Waals surface area (Å²) in [6.45, 7) is 0.896. The lowest BCUT2D eigenvalue weighted by Gasteiger charge is -2.32. The van der Waals surface area contributed by atoms with Gasteiger partial charge in [-0.2, -0.15) is 11.3 Å². The summed E-state index contributed by atoms with van der Waals surface area (Å²) in [6.07, 6.45) is 1.54. The summed E-state index contributed by atoms with van der Waals surface area (Å²) in [4.78, 5) is 13.8. The van der Waals surface area contributed by atoms with E-state index in [1.807, 2.05) is 25.2 Å². The van der Waals surface area contributed by atoms with Crippen molar-refractivity contribution in [2.45, 2.75) is 18.9 Å². The van der Waals surface area contributed by atoms with Gasteiger partial charge in [0.1, 0.15) is 0 Å². The highest BCUT2D eigenvalue weighted by molar-refractivity contribution is 7.07. The Balaban J connectivity index is 1.70. The van der Waals surface area contributed by atoms with E-state index in [0.29, 0.717) is 6.42 Å². The fourth-order valence-corrected chi connectivity index (χ4v) is 3.35. The maximum atomic E-state index is 12.0. The molecule has 2 aromatic rings. The average Bonchev–Trinajstić information content (AvgIpc) is 2.97. The summed E-state index contributed by atoms with van der Waals surface area (Å²) in [5.41, 5.74) is 3.60. The number of nitrogens with one attached hydrogen (secondary N) is 1. The minimum atomic E-state index is 0.133. The number of fused-ring (bicyclic) bond motifs is 1. The molecule has 1 unspecified atom stereocenters. The molecule has 1 aromatic carbocycles. The quantitative estimate of drug-likeness (QED) is 0.937. The molecule has 3 nitrogen and oxygen atoms in total. The van der Waals surface area contributed by atoms with Crippen molar-refractivity contribution in [1.82, 2.24) is 5.32 Å². The third-order valence-corrected chi connectivity index (χ3v) is 4.54. The largest absolute Gasteiger partial charge is 0.315 e. The summed E-state index contributed by atoms with van der Waals surface area (Å²) in [5.74, 6) is 0.178. The number of nitrogens with zero attached hydrogens (tertiary/aromatic N) is 1. The number of carbonyl (C=O) groups is 1. The number of rotatable bonds is 4. The molecule has 104 valence electrons. The first-order valence-electron chi connectivity index (χ1n) is 6.85. The van der Waals surface area contributed by atoms with Crippen LogP contribution in [0.1, 0.15) is 23.6 Å². The SMILES string of the molecule is CN1C(=O)CC(NCCc2ccsc2)c2ccccc21. The van der Waals surface area contributed by atoms with E-state index < -0.39 is 0 Å². The van der Waals surface area contributed by atoms with Crippen LogP contribution in [0, 0.1) is 0 Å². The molecule has 3 rings (SSSR count). The van der Waals surface area contributed by atoms with Crippen molar-refractivity contribution < 1.29 is 4.79 Å². The lowest BCUT2D eigenvalue weighted by Crippen LogP contribution is -2.38. The fraction of sp³-hybridized carbons (Fsp3) is 0.312. The second-order valence-electron chi connectivity index (χ2n) is 5.10. The van der Waals surface area contributed by atoms with E-state index in [2.05, 4.69) is 28.2 Å². The first-order chi connectivity index (χ1) is 9.75. The van der Waals surface area contributed by atoms with E-state index in [4.69, 9.17) is 0 Å². The Labute approximate surface area is 123 Å². The lowest BCUT2D eigenvalue weighted by molar-refractivity contribution is -0.119. The Morgan fingerprint density at radius 3 is 3.00 bits per heavy atom. The molecule has 1 atom stereocenters. The van der Waals surface area contributed by atoms with Crippen molar-refractivity contribution in [3.8, 4) is 0 Å². The topological polar surface area (TPSA) is 32.3 Å². The Bertz CT molecular complexity index is 594. The zero-order chi connectivity index (χ0) is 13.9. The van der Waals surface area contributed by atoms with Gasteiger partial charge in [-0.3, -0.25) is 4.79 Å². The first-order valence-corrected chi connectivity index (χ1v) is 7.80. The van der Waals surface area contributed by atoms with Crippen LogP contribution in [-0.4, -0.2) is 19.5 Å². The molecular formula is C16H18N2OS. The first kappa shape index (κ1) is 13.3. The Hall–Kier alpha value is -1.65. The van der Waals surface area contributed by atoms with Gasteiger partial charge in [0.2, 0.25) is 5.91 Å². The van der Waals surface area contributed by atoms with Crippen molar-refractivity contribution in [2.75, 3.05) is 18.5 Å². The molecule has 1 amide bonds. The zero-order valence-electron chi connectivity index (χ0n) is 11.5. The van der Waals surface area contributed by atoms with Crippen molar-refractivity contribution in [3.63, 3.8) is 0 Å². The van der Waals surface area contributed by atoms with Gasteiger partial charge in [-0.15, -0.1) is 0 Å². The van der Waals surface area contributed by atoms with Gasteiger partial charge >= 0.3 is 0 Å². The standard InChI is InChI=1S/C16H18N2OS/c1-18-15-5-3-2-4-13(15)14(10-16(18)19)17-8-6-12-7-9-20-11-12/h2-5,7,9,11,14,17H,6,8,10H2,1H3. The van der Waals surface area contributed by atoms with Crippen LogP contribution in [-0.2, 0) is 11.2 Å². The highest BCUT2D eigenvalue weighted by atomic mass is 32.1. The zero-order valence-corrected chi connectivity index (χ0v) is 12.3. The van der Waals surface area contributed by atoms with Crippen molar-refractivity contribution in [3.05, 3.63) is 52.2 Å². The molecule has 0 spiro atoms. The molecule has 4 heteroatoms. The molecule has 0 aliphatic carbocycles. The summed E-state index contributed by atoms with van der Waals surface area (Å²) in [7, 11) is 1.85. The van der Waals surface area contributed by atoms with E-state index in [1.54, 1.807) is 16.2 Å². The summed E-state index contributed by atoms with van der Waals surface area (Å²) in [5, 5.41) is 7.80. The third-order valence-electron chi connectivity index (χ3n) is 3.81. The van der Waals surface area contributed by atoms with Crippen LogP contribution in [0.4, 0.5) is 5.69 Å². The number of hydrogen-bond acceptors (Lipinski definition) is 3. The van der Waals surface area contributed by atoms with Crippen LogP contribution in [0.5, 0.6) is 0 Å². The van der Waals surface area contributed by atoms with E-state index in [0.717, 1.165) is 18.7 Å². The van der Waals surface area contributed by atoms with E-state index in [9.17, 15) is 4.79 Å². The maximum absolute atomic E-state index is 12.0. The van der Waals surface area contributed by atoms with Gasteiger partial charge < -0.3 is 10.2 Å². The van der Waals surface area contributed by atoms with Gasteiger partial charge in [-0.05, 0) is 47.0 Å². The Morgan fingerprint density at radius 2 is 2.20 bits per heavy atom. The molecule has 1 aromatic heterocycles. The van der Waals surface area contributed by atoms with Crippen molar-refractivity contribution in [1.29, 1.82) is 0 Å². The molecule has 2 heterocycles. The molecule has 1 aliphatic heterocycles. The van der Waals surface area contributed by atoms with Gasteiger partial charge in [0.05, 0.1) is 0 Å². The molecule has 20 heavy (non-hydrogen) atoms. The number of para-hydroxylation sites is 1. The van der Waals surface area contributed by atoms with Crippen molar-refractivity contribution in [2.24, 2.45) is 0 Å². The van der Waals surface area contributed by atoms with Crippen LogP contribution in [0.2, 0.25) is 0 Å². The van der Waals surface area contributed by atoms with Crippen LogP contribution in [0.3, 0.4) is 0 Å². The second-order valence-corrected chi connectivity index (χ2v) is 5.88. The minimum Gasteiger partial charge on any atom is -0.315 e. The molecular weight excluding hydrogens is 268 g/mol. The smallest absolute Gasteiger partial charge is 0.228 e. The number of carbonyl (C=O) groups excluding carboxylic acids is 1. The van der Waals surface area contributed by atoms with E-state index in [1.165, 1.54) is 11.1 Å². The van der Waals surface area contributed by atoms with Crippen molar-refractivity contribution >= 4 is 22.9 Å². The van der Waals surface area contributed by atoms with Crippen LogP contribution < -0.4 is 10.2 Å². The lowest BCUT2D eigenvalue weighted by atomic mass is 9.96. The molecule has 1 aliphatic rings. The molecule has 1 N–H and O–H groups in total. The van der Waals surface area contributed by atoms with Gasteiger partial charge in [-0.1, -0.05) is 18.2 Å². The van der Waals surface area contributed by atoms with Crippen LogP contribution in [0.15, 0.2) is 41.1 Å². The summed E-state index contributed by atoms with van der Waals surface area (Å²) >= 11 is 1.73. The van der Waals surface area contributed by atoms with Gasteiger partial charge in [-0.25, -0.2) is 0 Å².